The summed E-state index contributed by atoms with van der Waals surface area (Å²) < 4.78 is 29.3. The van der Waals surface area contributed by atoms with Crippen LogP contribution in [-0.2, 0) is 0 Å². The van der Waals surface area contributed by atoms with Gasteiger partial charge in [0.15, 0.2) is 11.6 Å². The monoisotopic (exact) mass is 297 g/mol. The summed E-state index contributed by atoms with van der Waals surface area (Å²) >= 11 is 1.82. The van der Waals surface area contributed by atoms with Crippen LogP contribution in [0.4, 0.5) is 14.7 Å². The molecule has 20 heavy (non-hydrogen) atoms. The summed E-state index contributed by atoms with van der Waals surface area (Å²) in [5, 5.41) is 0.544. The third-order valence-corrected chi connectivity index (χ3v) is 5.16. The highest BCUT2D eigenvalue weighted by atomic mass is 32.2. The van der Waals surface area contributed by atoms with E-state index in [0.29, 0.717) is 10.8 Å². The van der Waals surface area contributed by atoms with Gasteiger partial charge in [0.1, 0.15) is 5.52 Å². The Hall–Kier alpha value is -1.30. The molecule has 3 rings (SSSR count). The third-order valence-electron chi connectivity index (χ3n) is 4.07. The topological polar surface area (TPSA) is 43.8 Å². The largest absolute Gasteiger partial charge is 0.369 e. The molecule has 1 aliphatic rings. The normalized spacial score (nSPS) is 23.4. The first-order valence-electron chi connectivity index (χ1n) is 6.76. The van der Waals surface area contributed by atoms with Crippen LogP contribution in [0.25, 0.3) is 11.0 Å². The lowest BCUT2D eigenvalue weighted by molar-refractivity contribution is 0.368. The Kier molecular flexibility index (Phi) is 3.58. The van der Waals surface area contributed by atoms with Crippen molar-refractivity contribution in [2.24, 2.45) is 0 Å². The van der Waals surface area contributed by atoms with Crippen molar-refractivity contribution in [2.75, 3.05) is 12.0 Å². The summed E-state index contributed by atoms with van der Waals surface area (Å²) in [7, 11) is 0. The second-order valence-corrected chi connectivity index (χ2v) is 6.39. The first-order chi connectivity index (χ1) is 9.61. The van der Waals surface area contributed by atoms with Gasteiger partial charge in [-0.3, -0.25) is 0 Å². The van der Waals surface area contributed by atoms with Crippen molar-refractivity contribution in [3.05, 3.63) is 23.8 Å². The second kappa shape index (κ2) is 5.24. The van der Waals surface area contributed by atoms with Gasteiger partial charge < -0.3 is 10.3 Å². The quantitative estimate of drug-likeness (QED) is 0.918. The number of nitrogens with zero attached hydrogens (tertiary/aromatic N) is 2. The van der Waals surface area contributed by atoms with Crippen LogP contribution >= 0.6 is 11.8 Å². The number of nitrogens with two attached hydrogens (primary N) is 1. The molecule has 0 saturated heterocycles. The van der Waals surface area contributed by atoms with Crippen LogP contribution in [0.2, 0.25) is 0 Å². The SMILES string of the molecule is CSC1CCCC(n2c(N)nc3ccc(F)c(F)c32)C1. The van der Waals surface area contributed by atoms with Gasteiger partial charge in [0, 0.05) is 11.3 Å². The molecule has 2 atom stereocenters. The number of halogens is 2. The van der Waals surface area contributed by atoms with Gasteiger partial charge in [-0.1, -0.05) is 6.42 Å². The van der Waals surface area contributed by atoms with E-state index in [1.807, 2.05) is 11.8 Å². The number of hydrogen-bond donors (Lipinski definition) is 1. The van der Waals surface area contributed by atoms with E-state index in [1.165, 1.54) is 12.5 Å². The van der Waals surface area contributed by atoms with Crippen LogP contribution in [0.1, 0.15) is 31.7 Å². The van der Waals surface area contributed by atoms with Gasteiger partial charge in [0.05, 0.1) is 5.52 Å². The Morgan fingerprint density at radius 2 is 2.15 bits per heavy atom. The molecule has 108 valence electrons. The molecule has 0 bridgehead atoms. The first-order valence-corrected chi connectivity index (χ1v) is 8.04. The minimum atomic E-state index is -0.851. The molecule has 3 nitrogen and oxygen atoms in total. The van der Waals surface area contributed by atoms with Crippen molar-refractivity contribution in [2.45, 2.75) is 37.0 Å². The van der Waals surface area contributed by atoms with Gasteiger partial charge in [-0.25, -0.2) is 13.8 Å². The summed E-state index contributed by atoms with van der Waals surface area (Å²) in [6.07, 6.45) is 6.19. The minimum Gasteiger partial charge on any atom is -0.369 e. The third kappa shape index (κ3) is 2.16. The molecule has 0 amide bonds. The van der Waals surface area contributed by atoms with Crippen molar-refractivity contribution >= 4 is 28.7 Å². The lowest BCUT2D eigenvalue weighted by Crippen LogP contribution is -2.22. The highest BCUT2D eigenvalue weighted by molar-refractivity contribution is 7.99. The maximum Gasteiger partial charge on any atom is 0.201 e. The number of nitrogen functional groups attached to an aromatic ring is 1. The molecular formula is C14H17F2N3S. The van der Waals surface area contributed by atoms with Gasteiger partial charge in [-0.2, -0.15) is 11.8 Å². The maximum atomic E-state index is 14.1. The smallest absolute Gasteiger partial charge is 0.201 e. The zero-order chi connectivity index (χ0) is 14.3. The van der Waals surface area contributed by atoms with E-state index in [0.717, 1.165) is 25.3 Å². The number of imidazole rings is 1. The predicted molar refractivity (Wildman–Crippen MR) is 78.9 cm³/mol. The number of aromatic nitrogens is 2. The highest BCUT2D eigenvalue weighted by Gasteiger charge is 2.27. The molecule has 2 N–H and O–H groups in total. The number of rotatable bonds is 2. The minimum absolute atomic E-state index is 0.0995. The van der Waals surface area contributed by atoms with Gasteiger partial charge in [-0.05, 0) is 37.7 Å². The Bertz CT molecular complexity index is 641. The maximum absolute atomic E-state index is 14.1. The standard InChI is InChI=1S/C14H17F2N3S/c1-20-9-4-2-3-8(7-9)19-13-11(18-14(19)17)6-5-10(15)12(13)16/h5-6,8-9H,2-4,7H2,1H3,(H2,17,18). The number of benzene rings is 1. The molecule has 0 aliphatic heterocycles. The number of hydrogen-bond acceptors (Lipinski definition) is 3. The summed E-state index contributed by atoms with van der Waals surface area (Å²) in [6.45, 7) is 0. The van der Waals surface area contributed by atoms with E-state index in [2.05, 4.69) is 11.2 Å². The first kappa shape index (κ1) is 13.7. The Morgan fingerprint density at radius 1 is 1.35 bits per heavy atom. The average Bonchev–Trinajstić information content (AvgIpc) is 2.80. The van der Waals surface area contributed by atoms with E-state index in [4.69, 9.17) is 5.73 Å². The molecule has 1 aliphatic carbocycles. The molecule has 2 aromatic rings. The fourth-order valence-electron chi connectivity index (χ4n) is 3.08. The Labute approximate surface area is 120 Å². The van der Waals surface area contributed by atoms with E-state index in [-0.39, 0.29) is 17.5 Å². The molecule has 1 aromatic carbocycles. The summed E-state index contributed by atoms with van der Waals surface area (Å²) in [4.78, 5) is 4.17. The molecule has 6 heteroatoms. The highest BCUT2D eigenvalue weighted by Crippen LogP contribution is 2.38. The van der Waals surface area contributed by atoms with Crippen molar-refractivity contribution in [3.8, 4) is 0 Å². The van der Waals surface area contributed by atoms with E-state index in [9.17, 15) is 8.78 Å². The van der Waals surface area contributed by atoms with Crippen molar-refractivity contribution in [1.29, 1.82) is 0 Å². The molecule has 2 unspecified atom stereocenters. The molecular weight excluding hydrogens is 280 g/mol. The van der Waals surface area contributed by atoms with Crippen molar-refractivity contribution in [3.63, 3.8) is 0 Å². The molecule has 0 radical (unpaired) electrons. The second-order valence-electron chi connectivity index (χ2n) is 5.25. The zero-order valence-electron chi connectivity index (χ0n) is 11.3. The summed E-state index contributed by atoms with van der Waals surface area (Å²) in [5.41, 5.74) is 6.57. The van der Waals surface area contributed by atoms with Crippen LogP contribution in [0.15, 0.2) is 12.1 Å². The van der Waals surface area contributed by atoms with E-state index < -0.39 is 11.6 Å². The fraction of sp³-hybridized carbons (Fsp3) is 0.500. The average molecular weight is 297 g/mol. The molecule has 1 saturated carbocycles. The van der Waals surface area contributed by atoms with E-state index in [1.54, 1.807) is 4.57 Å². The van der Waals surface area contributed by atoms with Crippen molar-refractivity contribution in [1.82, 2.24) is 9.55 Å². The Balaban J connectivity index is 2.10. The molecule has 0 spiro atoms. The molecule has 1 aromatic heterocycles. The van der Waals surface area contributed by atoms with Gasteiger partial charge in [0.2, 0.25) is 5.95 Å². The van der Waals surface area contributed by atoms with E-state index >= 15 is 0 Å². The summed E-state index contributed by atoms with van der Waals surface area (Å²) in [6, 6.07) is 2.68. The number of anilines is 1. The lowest BCUT2D eigenvalue weighted by atomic mass is 9.94. The van der Waals surface area contributed by atoms with Crippen LogP contribution in [0.3, 0.4) is 0 Å². The van der Waals surface area contributed by atoms with Crippen LogP contribution in [-0.4, -0.2) is 21.1 Å². The zero-order valence-corrected chi connectivity index (χ0v) is 12.1. The van der Waals surface area contributed by atoms with Crippen LogP contribution in [0.5, 0.6) is 0 Å². The van der Waals surface area contributed by atoms with Gasteiger partial charge in [-0.15, -0.1) is 0 Å². The van der Waals surface area contributed by atoms with Crippen LogP contribution in [0, 0.1) is 11.6 Å². The predicted octanol–water partition coefficient (Wildman–Crippen LogP) is 3.74. The lowest BCUT2D eigenvalue weighted by Gasteiger charge is -2.30. The Morgan fingerprint density at radius 3 is 2.90 bits per heavy atom. The van der Waals surface area contributed by atoms with Crippen molar-refractivity contribution < 1.29 is 8.78 Å². The van der Waals surface area contributed by atoms with Gasteiger partial charge in [0.25, 0.3) is 0 Å². The summed E-state index contributed by atoms with van der Waals surface area (Å²) in [5.74, 6) is -1.43. The van der Waals surface area contributed by atoms with Crippen LogP contribution < -0.4 is 5.73 Å². The van der Waals surface area contributed by atoms with Gasteiger partial charge >= 0.3 is 0 Å². The molecule has 1 fully saturated rings. The fourth-order valence-corrected chi connectivity index (χ4v) is 3.90. The number of fused-ring (bicyclic) bond motifs is 1. The molecule has 1 heterocycles. The number of thioether (sulfide) groups is 1.